The molecular weight excluding hydrogens is 340 g/mol. The predicted molar refractivity (Wildman–Crippen MR) is 110 cm³/mol. The fourth-order valence-electron chi connectivity index (χ4n) is 2.92. The molecule has 0 fully saturated rings. The first-order valence-corrected chi connectivity index (χ1v) is 10.4. The van der Waals surface area contributed by atoms with Gasteiger partial charge in [-0.15, -0.1) is 0 Å². The summed E-state index contributed by atoms with van der Waals surface area (Å²) < 4.78 is 5.84. The summed E-state index contributed by atoms with van der Waals surface area (Å²) in [6.45, 7) is 3.40. The van der Waals surface area contributed by atoms with Gasteiger partial charge in [-0.05, 0) is 31.4 Å². The van der Waals surface area contributed by atoms with Crippen LogP contribution in [0.5, 0.6) is 5.75 Å². The van der Waals surface area contributed by atoms with E-state index in [-0.39, 0.29) is 11.8 Å². The number of hydrogen-bond donors (Lipinski definition) is 2. The molecule has 5 nitrogen and oxygen atoms in total. The zero-order chi connectivity index (χ0) is 19.7. The second kappa shape index (κ2) is 15.1. The lowest BCUT2D eigenvalue weighted by atomic mass is 10.1. The van der Waals surface area contributed by atoms with E-state index in [9.17, 15) is 9.59 Å². The number of para-hydroxylation sites is 1. The number of rotatable bonds is 16. The Labute approximate surface area is 164 Å². The van der Waals surface area contributed by atoms with Crippen molar-refractivity contribution in [3.05, 3.63) is 29.8 Å². The van der Waals surface area contributed by atoms with Gasteiger partial charge < -0.3 is 15.8 Å². The van der Waals surface area contributed by atoms with Gasteiger partial charge in [0.05, 0.1) is 12.2 Å². The number of carbonyl (C=O) groups excluding carboxylic acids is 2. The van der Waals surface area contributed by atoms with Gasteiger partial charge in [0.25, 0.3) is 5.91 Å². The van der Waals surface area contributed by atoms with Gasteiger partial charge in [-0.3, -0.25) is 9.59 Å². The summed E-state index contributed by atoms with van der Waals surface area (Å²) in [7, 11) is 0. The molecule has 0 atom stereocenters. The van der Waals surface area contributed by atoms with Crippen molar-refractivity contribution in [3.8, 4) is 5.75 Å². The fraction of sp³-hybridized carbons (Fsp3) is 0.636. The largest absolute Gasteiger partial charge is 0.493 e. The number of hydrogen-bond acceptors (Lipinski definition) is 3. The average molecular weight is 377 g/mol. The van der Waals surface area contributed by atoms with Gasteiger partial charge in [-0.1, -0.05) is 64.0 Å². The molecule has 1 rings (SSSR count). The van der Waals surface area contributed by atoms with Crippen LogP contribution in [0.3, 0.4) is 0 Å². The monoisotopic (exact) mass is 376 g/mol. The van der Waals surface area contributed by atoms with Crippen LogP contribution < -0.4 is 15.8 Å². The number of ether oxygens (including phenoxy) is 1. The molecule has 0 aliphatic rings. The number of amides is 2. The number of nitrogens with two attached hydrogens (primary N) is 1. The smallest absolute Gasteiger partial charge is 0.255 e. The summed E-state index contributed by atoms with van der Waals surface area (Å²) in [6, 6.07) is 7.34. The number of benzene rings is 1. The maximum absolute atomic E-state index is 12.3. The normalized spacial score (nSPS) is 10.6. The molecule has 3 N–H and O–H groups in total. The van der Waals surface area contributed by atoms with Gasteiger partial charge in [-0.25, -0.2) is 0 Å². The van der Waals surface area contributed by atoms with Crippen LogP contribution >= 0.6 is 0 Å². The van der Waals surface area contributed by atoms with Crippen LogP contribution in [0.4, 0.5) is 0 Å². The van der Waals surface area contributed by atoms with Crippen molar-refractivity contribution < 1.29 is 14.3 Å². The number of unbranched alkanes of at least 4 members (excludes halogenated alkanes) is 8. The minimum absolute atomic E-state index is 0.138. The van der Waals surface area contributed by atoms with Crippen molar-refractivity contribution in [1.29, 1.82) is 0 Å². The molecule has 2 amide bonds. The van der Waals surface area contributed by atoms with E-state index in [0.29, 0.717) is 37.3 Å². The molecule has 5 heteroatoms. The van der Waals surface area contributed by atoms with E-state index < -0.39 is 0 Å². The van der Waals surface area contributed by atoms with Gasteiger partial charge in [0.2, 0.25) is 5.91 Å². The molecule has 1 aromatic rings. The lowest BCUT2D eigenvalue weighted by molar-refractivity contribution is -0.118. The zero-order valence-electron chi connectivity index (χ0n) is 16.8. The van der Waals surface area contributed by atoms with Crippen molar-refractivity contribution in [1.82, 2.24) is 5.32 Å². The molecule has 0 aliphatic carbocycles. The lowest BCUT2D eigenvalue weighted by Crippen LogP contribution is -2.25. The van der Waals surface area contributed by atoms with E-state index in [1.165, 1.54) is 44.9 Å². The summed E-state index contributed by atoms with van der Waals surface area (Å²) in [5.41, 5.74) is 5.67. The molecule has 0 radical (unpaired) electrons. The van der Waals surface area contributed by atoms with E-state index in [4.69, 9.17) is 10.5 Å². The van der Waals surface area contributed by atoms with E-state index in [1.807, 2.05) is 18.2 Å². The zero-order valence-corrected chi connectivity index (χ0v) is 16.8. The highest BCUT2D eigenvalue weighted by atomic mass is 16.5. The second-order valence-electron chi connectivity index (χ2n) is 7.00. The van der Waals surface area contributed by atoms with E-state index >= 15 is 0 Å². The number of nitrogens with one attached hydrogen (secondary N) is 1. The van der Waals surface area contributed by atoms with Gasteiger partial charge in [0.1, 0.15) is 5.75 Å². The number of carbonyl (C=O) groups is 2. The molecule has 0 heterocycles. The van der Waals surface area contributed by atoms with Crippen LogP contribution in [0.15, 0.2) is 24.3 Å². The maximum atomic E-state index is 12.3. The van der Waals surface area contributed by atoms with Crippen molar-refractivity contribution in [3.63, 3.8) is 0 Å². The topological polar surface area (TPSA) is 81.4 Å². The van der Waals surface area contributed by atoms with Crippen molar-refractivity contribution in [2.24, 2.45) is 5.73 Å². The molecule has 0 aliphatic heterocycles. The minimum Gasteiger partial charge on any atom is -0.493 e. The molecule has 0 saturated carbocycles. The van der Waals surface area contributed by atoms with Crippen molar-refractivity contribution in [2.75, 3.05) is 13.2 Å². The molecule has 0 saturated heterocycles. The molecule has 0 spiro atoms. The van der Waals surface area contributed by atoms with Crippen molar-refractivity contribution in [2.45, 2.75) is 77.6 Å². The first-order chi connectivity index (χ1) is 13.1. The summed E-state index contributed by atoms with van der Waals surface area (Å²) in [5.74, 6) is 0.191. The summed E-state index contributed by atoms with van der Waals surface area (Å²) in [5, 5.41) is 2.88. The Morgan fingerprint density at radius 3 is 2.30 bits per heavy atom. The van der Waals surface area contributed by atoms with Crippen LogP contribution in [0.2, 0.25) is 0 Å². The highest BCUT2D eigenvalue weighted by Gasteiger charge is 2.11. The van der Waals surface area contributed by atoms with Crippen LogP contribution in [-0.2, 0) is 4.79 Å². The third-order valence-corrected chi connectivity index (χ3v) is 4.52. The van der Waals surface area contributed by atoms with Crippen LogP contribution in [0, 0.1) is 0 Å². The van der Waals surface area contributed by atoms with Gasteiger partial charge in [0, 0.05) is 13.0 Å². The fourth-order valence-corrected chi connectivity index (χ4v) is 2.92. The lowest BCUT2D eigenvalue weighted by Gasteiger charge is -2.11. The summed E-state index contributed by atoms with van der Waals surface area (Å²) in [4.78, 5) is 23.0. The van der Waals surface area contributed by atoms with Gasteiger partial charge in [0.15, 0.2) is 0 Å². The quantitative estimate of drug-likeness (QED) is 0.414. The van der Waals surface area contributed by atoms with Crippen LogP contribution in [-0.4, -0.2) is 25.0 Å². The molecule has 152 valence electrons. The number of primary amides is 1. The Balaban J connectivity index is 2.24. The maximum Gasteiger partial charge on any atom is 0.255 e. The first kappa shape index (κ1) is 23.0. The molecular formula is C22H36N2O3. The van der Waals surface area contributed by atoms with E-state index in [1.54, 1.807) is 6.07 Å². The van der Waals surface area contributed by atoms with Gasteiger partial charge in [-0.2, -0.15) is 0 Å². The molecule has 0 aromatic heterocycles. The first-order valence-electron chi connectivity index (χ1n) is 10.4. The highest BCUT2D eigenvalue weighted by Crippen LogP contribution is 2.18. The molecule has 0 bridgehead atoms. The average Bonchev–Trinajstić information content (AvgIpc) is 2.66. The summed E-state index contributed by atoms with van der Waals surface area (Å²) in [6.07, 6.45) is 11.8. The Bertz CT molecular complexity index is 546. The predicted octanol–water partition coefficient (Wildman–Crippen LogP) is 4.59. The second-order valence-corrected chi connectivity index (χ2v) is 7.00. The Kier molecular flexibility index (Phi) is 12.8. The standard InChI is InChI=1S/C22H36N2O3/c1-2-3-4-5-6-7-8-13-18-27-20-15-10-9-14-19(20)22(26)24-17-12-11-16-21(23)25/h9-10,14-15H,2-8,11-13,16-18H2,1H3,(H2,23,25)(H,24,26). The Morgan fingerprint density at radius 2 is 1.59 bits per heavy atom. The highest BCUT2D eigenvalue weighted by molar-refractivity contribution is 5.96. The van der Waals surface area contributed by atoms with Crippen LogP contribution in [0.1, 0.15) is 87.9 Å². The molecule has 1 aromatic carbocycles. The minimum atomic E-state index is -0.305. The summed E-state index contributed by atoms with van der Waals surface area (Å²) >= 11 is 0. The van der Waals surface area contributed by atoms with E-state index in [0.717, 1.165) is 12.8 Å². The van der Waals surface area contributed by atoms with Gasteiger partial charge >= 0.3 is 0 Å². The Hall–Kier alpha value is -2.04. The SMILES string of the molecule is CCCCCCCCCCOc1ccccc1C(=O)NCCCCC(N)=O. The van der Waals surface area contributed by atoms with E-state index in [2.05, 4.69) is 12.2 Å². The van der Waals surface area contributed by atoms with Crippen molar-refractivity contribution >= 4 is 11.8 Å². The van der Waals surface area contributed by atoms with Crippen LogP contribution in [0.25, 0.3) is 0 Å². The molecule has 27 heavy (non-hydrogen) atoms. The third-order valence-electron chi connectivity index (χ3n) is 4.52. The third kappa shape index (κ3) is 11.3. The molecule has 0 unspecified atom stereocenters. The Morgan fingerprint density at radius 1 is 0.926 bits per heavy atom.